The molecule has 0 aliphatic heterocycles. The Bertz CT molecular complexity index is 819. The third-order valence-electron chi connectivity index (χ3n) is 3.44. The largest absolute Gasteiger partial charge is 0.296 e. The van der Waals surface area contributed by atoms with E-state index in [1.807, 2.05) is 29.9 Å². The molecule has 0 fully saturated rings. The molecule has 1 amide bonds. The summed E-state index contributed by atoms with van der Waals surface area (Å²) in [4.78, 5) is 16.9. The molecule has 3 rings (SSSR count). The second kappa shape index (κ2) is 6.59. The molecule has 0 saturated heterocycles. The number of amides is 1. The maximum atomic E-state index is 12.5. The molecule has 0 atom stereocenters. The predicted octanol–water partition coefficient (Wildman–Crippen LogP) is 3.61. The highest BCUT2D eigenvalue weighted by atomic mass is 32.1. The molecule has 3 heterocycles. The number of hydrogen-bond acceptors (Lipinski definition) is 6. The monoisotopic (exact) mass is 347 g/mol. The van der Waals surface area contributed by atoms with Crippen LogP contribution < -0.4 is 5.32 Å². The molecule has 0 radical (unpaired) electrons. The lowest BCUT2D eigenvalue weighted by molar-refractivity contribution is 0.102. The third-order valence-corrected chi connectivity index (χ3v) is 5.09. The van der Waals surface area contributed by atoms with Crippen LogP contribution in [0.4, 0.5) is 5.13 Å². The van der Waals surface area contributed by atoms with Crippen molar-refractivity contribution in [1.29, 1.82) is 0 Å². The van der Waals surface area contributed by atoms with Gasteiger partial charge in [0, 0.05) is 29.4 Å². The van der Waals surface area contributed by atoms with Crippen molar-refractivity contribution in [3.8, 4) is 5.13 Å². The van der Waals surface area contributed by atoms with E-state index in [1.165, 1.54) is 11.3 Å². The molecule has 6 nitrogen and oxygen atoms in total. The first-order chi connectivity index (χ1) is 11.1. The van der Waals surface area contributed by atoms with Gasteiger partial charge in [-0.25, -0.2) is 4.98 Å². The molecule has 1 N–H and O–H groups in total. The quantitative estimate of drug-likeness (QED) is 0.765. The van der Waals surface area contributed by atoms with Crippen LogP contribution in [0.2, 0.25) is 0 Å². The van der Waals surface area contributed by atoms with Crippen molar-refractivity contribution in [2.24, 2.45) is 0 Å². The van der Waals surface area contributed by atoms with Gasteiger partial charge in [-0.1, -0.05) is 18.3 Å². The zero-order chi connectivity index (χ0) is 16.4. The minimum Gasteiger partial charge on any atom is -0.296 e. The Hall–Kier alpha value is -2.06. The van der Waals surface area contributed by atoms with E-state index in [0.717, 1.165) is 34.4 Å². The van der Waals surface area contributed by atoms with E-state index in [1.54, 1.807) is 17.5 Å². The average molecular weight is 347 g/mol. The fourth-order valence-corrected chi connectivity index (χ4v) is 3.98. The Morgan fingerprint density at radius 2 is 2.17 bits per heavy atom. The molecule has 0 unspecified atom stereocenters. The molecule has 3 aromatic rings. The number of carbonyl (C=O) groups is 1. The smallest absolute Gasteiger partial charge is 0.259 e. The molecule has 0 aliphatic carbocycles. The standard InChI is InChI=1S/C15H17N5OS2/c1-4-5-12-18-19-14(23-12)17-13(21)11-8-9(2)20(10(11)3)15-16-6-7-22-15/h6-8H,4-5H2,1-3H3,(H,17,19,21). The fourth-order valence-electron chi connectivity index (χ4n) is 2.40. The van der Waals surface area contributed by atoms with Gasteiger partial charge in [-0.15, -0.1) is 21.5 Å². The van der Waals surface area contributed by atoms with E-state index in [0.29, 0.717) is 10.7 Å². The molecule has 3 aromatic heterocycles. The summed E-state index contributed by atoms with van der Waals surface area (Å²) in [6, 6.07) is 1.88. The first-order valence-electron chi connectivity index (χ1n) is 7.32. The van der Waals surface area contributed by atoms with Crippen LogP contribution in [0.15, 0.2) is 17.6 Å². The number of nitrogens with one attached hydrogen (secondary N) is 1. The zero-order valence-electron chi connectivity index (χ0n) is 13.2. The van der Waals surface area contributed by atoms with Gasteiger partial charge in [0.25, 0.3) is 5.91 Å². The number of anilines is 1. The lowest BCUT2D eigenvalue weighted by Gasteiger charge is -2.05. The number of hydrogen-bond donors (Lipinski definition) is 1. The van der Waals surface area contributed by atoms with Crippen molar-refractivity contribution in [3.63, 3.8) is 0 Å². The van der Waals surface area contributed by atoms with E-state index >= 15 is 0 Å². The number of aryl methyl sites for hydroxylation is 2. The van der Waals surface area contributed by atoms with Gasteiger partial charge in [-0.3, -0.25) is 14.7 Å². The van der Waals surface area contributed by atoms with Crippen molar-refractivity contribution in [2.75, 3.05) is 5.32 Å². The molecule has 120 valence electrons. The Labute approximate surface area is 142 Å². The number of carbonyl (C=O) groups excluding carboxylic acids is 1. The Kier molecular flexibility index (Phi) is 4.53. The van der Waals surface area contributed by atoms with Crippen molar-refractivity contribution < 1.29 is 4.79 Å². The van der Waals surface area contributed by atoms with Gasteiger partial charge >= 0.3 is 0 Å². The van der Waals surface area contributed by atoms with Crippen LogP contribution >= 0.6 is 22.7 Å². The van der Waals surface area contributed by atoms with Gasteiger partial charge in [0.05, 0.1) is 5.56 Å². The highest BCUT2D eigenvalue weighted by molar-refractivity contribution is 7.15. The summed E-state index contributed by atoms with van der Waals surface area (Å²) in [5.74, 6) is -0.167. The highest BCUT2D eigenvalue weighted by Crippen LogP contribution is 2.24. The molecule has 8 heteroatoms. The molecule has 0 bridgehead atoms. The van der Waals surface area contributed by atoms with Crippen LogP contribution in [0, 0.1) is 13.8 Å². The van der Waals surface area contributed by atoms with E-state index in [9.17, 15) is 4.79 Å². The Balaban J connectivity index is 1.84. The topological polar surface area (TPSA) is 72.7 Å². The second-order valence-corrected chi connectivity index (χ2v) is 7.08. The molecule has 0 aliphatic rings. The summed E-state index contributed by atoms with van der Waals surface area (Å²) < 4.78 is 1.99. The normalized spacial score (nSPS) is 10.9. The SMILES string of the molecule is CCCc1nnc(NC(=O)c2cc(C)n(-c3nccs3)c2C)s1. The molecule has 0 aromatic carbocycles. The van der Waals surface area contributed by atoms with E-state index < -0.39 is 0 Å². The zero-order valence-corrected chi connectivity index (χ0v) is 14.8. The van der Waals surface area contributed by atoms with E-state index in [4.69, 9.17) is 0 Å². The number of thiazole rings is 1. The molecule has 23 heavy (non-hydrogen) atoms. The maximum Gasteiger partial charge on any atom is 0.259 e. The van der Waals surface area contributed by atoms with Crippen LogP contribution in [0.5, 0.6) is 0 Å². The summed E-state index contributed by atoms with van der Waals surface area (Å²) in [7, 11) is 0. The van der Waals surface area contributed by atoms with Gasteiger partial charge in [-0.2, -0.15) is 0 Å². The summed E-state index contributed by atoms with van der Waals surface area (Å²) in [5.41, 5.74) is 2.48. The van der Waals surface area contributed by atoms with Gasteiger partial charge in [0.1, 0.15) is 5.01 Å². The van der Waals surface area contributed by atoms with E-state index in [2.05, 4.69) is 27.4 Å². The van der Waals surface area contributed by atoms with Crippen LogP contribution in [0.25, 0.3) is 5.13 Å². The maximum absolute atomic E-state index is 12.5. The van der Waals surface area contributed by atoms with Crippen LogP contribution in [0.1, 0.15) is 40.1 Å². The van der Waals surface area contributed by atoms with Gasteiger partial charge in [0.15, 0.2) is 5.13 Å². The first kappa shape index (κ1) is 15.8. The minimum absolute atomic E-state index is 0.167. The fraction of sp³-hybridized carbons (Fsp3) is 0.333. The molecular formula is C15H17N5OS2. The van der Waals surface area contributed by atoms with Crippen LogP contribution in [-0.4, -0.2) is 25.7 Å². The number of rotatable bonds is 5. The van der Waals surface area contributed by atoms with Crippen molar-refractivity contribution in [1.82, 2.24) is 19.7 Å². The number of aromatic nitrogens is 4. The van der Waals surface area contributed by atoms with Crippen molar-refractivity contribution in [3.05, 3.63) is 39.6 Å². The molecule has 0 spiro atoms. The minimum atomic E-state index is -0.167. The van der Waals surface area contributed by atoms with E-state index in [-0.39, 0.29) is 5.91 Å². The van der Waals surface area contributed by atoms with Gasteiger partial charge in [0.2, 0.25) is 5.13 Å². The molecular weight excluding hydrogens is 330 g/mol. The van der Waals surface area contributed by atoms with Gasteiger partial charge < -0.3 is 0 Å². The van der Waals surface area contributed by atoms with Gasteiger partial charge in [-0.05, 0) is 26.3 Å². The van der Waals surface area contributed by atoms with Crippen LogP contribution in [-0.2, 0) is 6.42 Å². The summed E-state index contributed by atoms with van der Waals surface area (Å²) in [5, 5.41) is 15.2. The Morgan fingerprint density at radius 1 is 1.35 bits per heavy atom. The predicted molar refractivity (Wildman–Crippen MR) is 92.8 cm³/mol. The summed E-state index contributed by atoms with van der Waals surface area (Å²) in [6.45, 7) is 5.98. The Morgan fingerprint density at radius 3 is 2.87 bits per heavy atom. The number of nitrogens with zero attached hydrogens (tertiary/aromatic N) is 4. The third kappa shape index (κ3) is 3.18. The highest BCUT2D eigenvalue weighted by Gasteiger charge is 2.19. The molecule has 0 saturated carbocycles. The summed E-state index contributed by atoms with van der Waals surface area (Å²) >= 11 is 2.97. The lowest BCUT2D eigenvalue weighted by Crippen LogP contribution is -2.13. The second-order valence-electron chi connectivity index (χ2n) is 5.14. The first-order valence-corrected chi connectivity index (χ1v) is 9.02. The average Bonchev–Trinajstić information content (AvgIpc) is 3.21. The summed E-state index contributed by atoms with van der Waals surface area (Å²) in [6.07, 6.45) is 3.65. The lowest BCUT2D eigenvalue weighted by atomic mass is 10.2. The van der Waals surface area contributed by atoms with Crippen molar-refractivity contribution >= 4 is 33.7 Å². The van der Waals surface area contributed by atoms with Crippen molar-refractivity contribution in [2.45, 2.75) is 33.6 Å². The van der Waals surface area contributed by atoms with Crippen LogP contribution in [0.3, 0.4) is 0 Å².